The molecule has 0 N–H and O–H groups in total. The second-order valence-electron chi connectivity index (χ2n) is 17.6. The number of carbonyl (C=O) groups is 1. The first-order valence-corrected chi connectivity index (χ1v) is 20.9. The number of hydrogen-bond acceptors (Lipinski definition) is 2. The lowest BCUT2D eigenvalue weighted by atomic mass is 9.47. The van der Waals surface area contributed by atoms with E-state index in [1.54, 1.807) is 5.57 Å². The molecule has 3 saturated carbocycles. The summed E-state index contributed by atoms with van der Waals surface area (Å²) in [6.45, 7) is 14.9. The van der Waals surface area contributed by atoms with Crippen molar-refractivity contribution in [2.24, 2.45) is 46.3 Å². The molecule has 47 heavy (non-hydrogen) atoms. The zero-order valence-electron chi connectivity index (χ0n) is 32.0. The first-order chi connectivity index (χ1) is 22.7. The van der Waals surface area contributed by atoms with E-state index in [2.05, 4.69) is 71.9 Å². The van der Waals surface area contributed by atoms with Crippen molar-refractivity contribution in [3.8, 4) is 0 Å². The van der Waals surface area contributed by atoms with Crippen molar-refractivity contribution in [1.82, 2.24) is 0 Å². The Morgan fingerprint density at radius 2 is 1.55 bits per heavy atom. The Bertz CT molecular complexity index is 1020. The van der Waals surface area contributed by atoms with Crippen molar-refractivity contribution in [3.05, 3.63) is 36.0 Å². The Hall–Kier alpha value is -1.31. The van der Waals surface area contributed by atoms with Gasteiger partial charge in [-0.2, -0.15) is 0 Å². The van der Waals surface area contributed by atoms with Crippen LogP contribution in [0, 0.1) is 46.3 Å². The lowest BCUT2D eigenvalue weighted by Gasteiger charge is -2.58. The van der Waals surface area contributed by atoms with Gasteiger partial charge in [0.15, 0.2) is 0 Å². The standard InChI is InChI=1S/C45H76O2/c1-7-8-9-10-11-12-13-14-15-16-17-18-19-20-21-25-43(46)47-38-30-32-44(5)37(34-38)26-27-39-41-29-28-40(36(4)24-22-23-35(2)3)45(41,6)33-31-42(39)44/h11-12,14-15,26,35-36,38-42H,7-10,13,16-25,27-34H2,1-6H3/b12-11+,15-14+/t36-,38+,39+,40-,41+,42+,44?,45-/m1/s1. The Balaban J connectivity index is 1.13. The number of fused-ring (bicyclic) bond motifs is 5. The SMILES string of the molecule is CCCCC/C=C/C/C=C/CCCCCCCC(=O)O[C@H]1CCC2(C)C(=CC[C@@H]3[C@@H]2CC[C@]2(C)[C@@H]([C@H](C)CCCC(C)C)CC[C@@H]32)C1. The average Bonchev–Trinajstić information content (AvgIpc) is 3.40. The summed E-state index contributed by atoms with van der Waals surface area (Å²) in [6.07, 6.45) is 40.5. The van der Waals surface area contributed by atoms with Gasteiger partial charge in [-0.05, 0) is 130 Å². The van der Waals surface area contributed by atoms with Gasteiger partial charge in [0, 0.05) is 12.8 Å². The summed E-state index contributed by atoms with van der Waals surface area (Å²) >= 11 is 0. The second kappa shape index (κ2) is 19.2. The molecule has 0 amide bonds. The van der Waals surface area contributed by atoms with Crippen molar-refractivity contribution < 1.29 is 9.53 Å². The van der Waals surface area contributed by atoms with Gasteiger partial charge in [-0.25, -0.2) is 0 Å². The maximum Gasteiger partial charge on any atom is 0.306 e. The number of unbranched alkanes of at least 4 members (excludes halogenated alkanes) is 8. The minimum Gasteiger partial charge on any atom is -0.462 e. The van der Waals surface area contributed by atoms with E-state index in [0.29, 0.717) is 17.3 Å². The highest BCUT2D eigenvalue weighted by atomic mass is 16.5. The smallest absolute Gasteiger partial charge is 0.306 e. The van der Waals surface area contributed by atoms with Gasteiger partial charge in [0.1, 0.15) is 6.10 Å². The van der Waals surface area contributed by atoms with Gasteiger partial charge in [-0.3, -0.25) is 4.79 Å². The van der Waals surface area contributed by atoms with E-state index in [-0.39, 0.29) is 12.1 Å². The first kappa shape index (κ1) is 38.5. The summed E-state index contributed by atoms with van der Waals surface area (Å²) in [4.78, 5) is 12.8. The van der Waals surface area contributed by atoms with Crippen LogP contribution < -0.4 is 0 Å². The molecule has 0 aromatic carbocycles. The fraction of sp³-hybridized carbons (Fsp3) is 0.844. The monoisotopic (exact) mass is 649 g/mol. The zero-order valence-corrected chi connectivity index (χ0v) is 32.0. The van der Waals surface area contributed by atoms with Crippen molar-refractivity contribution in [2.75, 3.05) is 0 Å². The Morgan fingerprint density at radius 1 is 0.830 bits per heavy atom. The van der Waals surface area contributed by atoms with E-state index in [4.69, 9.17) is 4.74 Å². The number of rotatable bonds is 20. The van der Waals surface area contributed by atoms with Crippen LogP contribution in [-0.2, 0) is 9.53 Å². The van der Waals surface area contributed by atoms with Gasteiger partial charge in [0.2, 0.25) is 0 Å². The summed E-state index contributed by atoms with van der Waals surface area (Å²) in [7, 11) is 0. The van der Waals surface area contributed by atoms with Crippen molar-refractivity contribution >= 4 is 5.97 Å². The molecule has 0 spiro atoms. The van der Waals surface area contributed by atoms with Crippen LogP contribution in [0.25, 0.3) is 0 Å². The fourth-order valence-corrected chi connectivity index (χ4v) is 11.1. The third kappa shape index (κ3) is 10.6. The zero-order chi connectivity index (χ0) is 33.7. The minimum absolute atomic E-state index is 0.0477. The quantitative estimate of drug-likeness (QED) is 0.0746. The van der Waals surface area contributed by atoms with Gasteiger partial charge in [-0.15, -0.1) is 0 Å². The van der Waals surface area contributed by atoms with Crippen LogP contribution in [0.1, 0.15) is 189 Å². The van der Waals surface area contributed by atoms with Gasteiger partial charge in [0.25, 0.3) is 0 Å². The molecule has 0 bridgehead atoms. The van der Waals surface area contributed by atoms with E-state index in [9.17, 15) is 4.79 Å². The van der Waals surface area contributed by atoms with Crippen LogP contribution in [0.4, 0.5) is 0 Å². The summed E-state index contributed by atoms with van der Waals surface area (Å²) in [5.41, 5.74) is 2.52. The molecule has 4 rings (SSSR count). The van der Waals surface area contributed by atoms with Crippen LogP contribution in [0.5, 0.6) is 0 Å². The first-order valence-electron chi connectivity index (χ1n) is 20.9. The van der Waals surface area contributed by atoms with E-state index in [1.165, 1.54) is 109 Å². The summed E-state index contributed by atoms with van der Waals surface area (Å²) < 4.78 is 6.12. The molecule has 8 atom stereocenters. The molecule has 0 aromatic heterocycles. The van der Waals surface area contributed by atoms with E-state index >= 15 is 0 Å². The average molecular weight is 649 g/mol. The highest BCUT2D eigenvalue weighted by molar-refractivity contribution is 5.69. The molecule has 0 aromatic rings. The van der Waals surface area contributed by atoms with Crippen LogP contribution in [0.3, 0.4) is 0 Å². The van der Waals surface area contributed by atoms with Crippen molar-refractivity contribution in [2.45, 2.75) is 195 Å². The fourth-order valence-electron chi connectivity index (χ4n) is 11.1. The Labute approximate surface area is 292 Å². The van der Waals surface area contributed by atoms with Crippen molar-refractivity contribution in [3.63, 3.8) is 0 Å². The topological polar surface area (TPSA) is 26.3 Å². The maximum absolute atomic E-state index is 12.8. The minimum atomic E-state index is 0.0477. The maximum atomic E-state index is 12.8. The normalized spacial score (nSPS) is 32.7. The van der Waals surface area contributed by atoms with E-state index in [1.807, 2.05) is 0 Å². The molecule has 0 heterocycles. The molecular weight excluding hydrogens is 572 g/mol. The van der Waals surface area contributed by atoms with Gasteiger partial charge < -0.3 is 4.74 Å². The molecule has 4 aliphatic rings. The molecule has 1 unspecified atom stereocenters. The number of ether oxygens (including phenoxy) is 1. The van der Waals surface area contributed by atoms with E-state index in [0.717, 1.165) is 67.6 Å². The lowest BCUT2D eigenvalue weighted by molar-refractivity contribution is -0.151. The third-order valence-electron chi connectivity index (χ3n) is 13.9. The highest BCUT2D eigenvalue weighted by Crippen LogP contribution is 2.67. The highest BCUT2D eigenvalue weighted by Gasteiger charge is 2.59. The van der Waals surface area contributed by atoms with Gasteiger partial charge in [-0.1, -0.05) is 129 Å². The number of allylic oxidation sites excluding steroid dienone is 5. The molecule has 0 aliphatic heterocycles. The van der Waals surface area contributed by atoms with Gasteiger partial charge >= 0.3 is 5.97 Å². The predicted molar refractivity (Wildman–Crippen MR) is 202 cm³/mol. The van der Waals surface area contributed by atoms with Crippen molar-refractivity contribution in [1.29, 1.82) is 0 Å². The van der Waals surface area contributed by atoms with E-state index < -0.39 is 0 Å². The molecule has 4 aliphatic carbocycles. The summed E-state index contributed by atoms with van der Waals surface area (Å²) in [5.74, 6) is 5.30. The number of hydrogen-bond donors (Lipinski definition) is 0. The Kier molecular flexibility index (Phi) is 15.7. The molecular formula is C45H76O2. The lowest BCUT2D eigenvalue weighted by Crippen LogP contribution is -2.51. The van der Waals surface area contributed by atoms with Crippen LogP contribution in [0.2, 0.25) is 0 Å². The summed E-state index contributed by atoms with van der Waals surface area (Å²) in [6, 6.07) is 0. The second-order valence-corrected chi connectivity index (χ2v) is 17.6. The number of esters is 1. The molecule has 2 nitrogen and oxygen atoms in total. The Morgan fingerprint density at radius 3 is 2.30 bits per heavy atom. The molecule has 268 valence electrons. The third-order valence-corrected chi connectivity index (χ3v) is 13.9. The van der Waals surface area contributed by atoms with Gasteiger partial charge in [0.05, 0.1) is 0 Å². The van der Waals surface area contributed by atoms with Crippen LogP contribution >= 0.6 is 0 Å². The molecule has 0 radical (unpaired) electrons. The van der Waals surface area contributed by atoms with Crippen LogP contribution in [-0.4, -0.2) is 12.1 Å². The largest absolute Gasteiger partial charge is 0.462 e. The summed E-state index contributed by atoms with van der Waals surface area (Å²) in [5, 5.41) is 0. The number of carbonyl (C=O) groups excluding carboxylic acids is 1. The molecule has 3 fully saturated rings. The van der Waals surface area contributed by atoms with Crippen LogP contribution in [0.15, 0.2) is 36.0 Å². The molecule has 0 saturated heterocycles. The molecule has 2 heteroatoms. The predicted octanol–water partition coefficient (Wildman–Crippen LogP) is 13.8.